The van der Waals surface area contributed by atoms with Crippen LogP contribution in [0.25, 0.3) is 5.65 Å². The Morgan fingerprint density at radius 2 is 2.35 bits per heavy atom. The SMILES string of the molecule is C#CCOc1cccn2c(=O)c(C(=O)OCC)cnc12. The van der Waals surface area contributed by atoms with E-state index < -0.39 is 11.5 Å². The number of nitrogens with zero attached hydrogens (tertiary/aromatic N) is 2. The Labute approximate surface area is 115 Å². The molecule has 0 saturated heterocycles. The van der Waals surface area contributed by atoms with Crippen molar-refractivity contribution in [2.75, 3.05) is 13.2 Å². The molecule has 6 nitrogen and oxygen atoms in total. The van der Waals surface area contributed by atoms with Crippen molar-refractivity contribution in [3.63, 3.8) is 0 Å². The summed E-state index contributed by atoms with van der Waals surface area (Å²) in [6.45, 7) is 1.91. The Kier molecular flexibility index (Phi) is 4.01. The van der Waals surface area contributed by atoms with Gasteiger partial charge in [-0.05, 0) is 19.1 Å². The highest BCUT2D eigenvalue weighted by molar-refractivity contribution is 5.88. The number of terminal acetylenes is 1. The van der Waals surface area contributed by atoms with E-state index in [-0.39, 0.29) is 18.8 Å². The van der Waals surface area contributed by atoms with Crippen LogP contribution < -0.4 is 10.3 Å². The second-order valence-corrected chi connectivity index (χ2v) is 3.76. The third kappa shape index (κ3) is 2.47. The molecular formula is C14H12N2O4. The lowest BCUT2D eigenvalue weighted by Crippen LogP contribution is -2.24. The zero-order valence-electron chi connectivity index (χ0n) is 10.8. The summed E-state index contributed by atoms with van der Waals surface area (Å²) in [6.07, 6.45) is 7.80. The van der Waals surface area contributed by atoms with Gasteiger partial charge in [-0.25, -0.2) is 9.78 Å². The number of rotatable bonds is 4. The second-order valence-electron chi connectivity index (χ2n) is 3.76. The molecule has 0 radical (unpaired) electrons. The number of esters is 1. The quantitative estimate of drug-likeness (QED) is 0.610. The first-order chi connectivity index (χ1) is 9.69. The first-order valence-electron chi connectivity index (χ1n) is 5.92. The molecule has 2 rings (SSSR count). The number of fused-ring (bicyclic) bond motifs is 1. The molecule has 0 saturated carbocycles. The molecule has 2 heterocycles. The van der Waals surface area contributed by atoms with Gasteiger partial charge in [-0.2, -0.15) is 0 Å². The van der Waals surface area contributed by atoms with Crippen molar-refractivity contribution in [3.05, 3.63) is 40.4 Å². The zero-order valence-corrected chi connectivity index (χ0v) is 10.8. The molecule has 6 heteroatoms. The van der Waals surface area contributed by atoms with Crippen LogP contribution in [0.15, 0.2) is 29.3 Å². The summed E-state index contributed by atoms with van der Waals surface area (Å²) in [7, 11) is 0. The van der Waals surface area contributed by atoms with E-state index in [2.05, 4.69) is 10.9 Å². The summed E-state index contributed by atoms with van der Waals surface area (Å²) in [6, 6.07) is 3.25. The van der Waals surface area contributed by atoms with E-state index in [0.29, 0.717) is 11.4 Å². The van der Waals surface area contributed by atoms with E-state index in [1.54, 1.807) is 19.1 Å². The highest BCUT2D eigenvalue weighted by Gasteiger charge is 2.15. The third-order valence-corrected chi connectivity index (χ3v) is 2.50. The molecular weight excluding hydrogens is 260 g/mol. The molecule has 0 amide bonds. The number of ether oxygens (including phenoxy) is 2. The van der Waals surface area contributed by atoms with Gasteiger partial charge < -0.3 is 9.47 Å². The molecule has 0 atom stereocenters. The Morgan fingerprint density at radius 3 is 3.05 bits per heavy atom. The van der Waals surface area contributed by atoms with E-state index >= 15 is 0 Å². The number of aromatic nitrogens is 2. The van der Waals surface area contributed by atoms with Gasteiger partial charge in [0.05, 0.1) is 6.61 Å². The van der Waals surface area contributed by atoms with Gasteiger partial charge in [0.25, 0.3) is 5.56 Å². The Morgan fingerprint density at radius 1 is 1.55 bits per heavy atom. The normalized spacial score (nSPS) is 10.0. The lowest BCUT2D eigenvalue weighted by Gasteiger charge is -2.08. The van der Waals surface area contributed by atoms with Crippen molar-refractivity contribution in [2.45, 2.75) is 6.92 Å². The smallest absolute Gasteiger partial charge is 0.345 e. The van der Waals surface area contributed by atoms with E-state index in [0.717, 1.165) is 0 Å². The average molecular weight is 272 g/mol. The molecule has 0 unspecified atom stereocenters. The number of hydrogen-bond acceptors (Lipinski definition) is 5. The average Bonchev–Trinajstić information content (AvgIpc) is 2.46. The molecule has 0 aromatic carbocycles. The van der Waals surface area contributed by atoms with E-state index in [1.807, 2.05) is 0 Å². The maximum Gasteiger partial charge on any atom is 0.345 e. The van der Waals surface area contributed by atoms with Gasteiger partial charge in [-0.15, -0.1) is 6.42 Å². The lowest BCUT2D eigenvalue weighted by molar-refractivity contribution is 0.0523. The Balaban J connectivity index is 2.55. The molecule has 0 spiro atoms. The molecule has 0 N–H and O–H groups in total. The van der Waals surface area contributed by atoms with Crippen molar-refractivity contribution >= 4 is 11.6 Å². The maximum atomic E-state index is 12.2. The minimum absolute atomic E-state index is 0.0647. The molecule has 0 aliphatic heterocycles. The monoisotopic (exact) mass is 272 g/mol. The fourth-order valence-electron chi connectivity index (χ4n) is 1.66. The third-order valence-electron chi connectivity index (χ3n) is 2.50. The van der Waals surface area contributed by atoms with Crippen molar-refractivity contribution < 1.29 is 14.3 Å². The highest BCUT2D eigenvalue weighted by Crippen LogP contribution is 2.15. The Bertz CT molecular complexity index is 743. The summed E-state index contributed by atoms with van der Waals surface area (Å²) >= 11 is 0. The lowest BCUT2D eigenvalue weighted by atomic mass is 10.3. The number of carbonyl (C=O) groups is 1. The van der Waals surface area contributed by atoms with Crippen LogP contribution in [0.1, 0.15) is 17.3 Å². The summed E-state index contributed by atoms with van der Waals surface area (Å²) in [4.78, 5) is 27.9. The van der Waals surface area contributed by atoms with Gasteiger partial charge in [0.2, 0.25) is 0 Å². The van der Waals surface area contributed by atoms with E-state index in [4.69, 9.17) is 15.9 Å². The first-order valence-corrected chi connectivity index (χ1v) is 5.92. The summed E-state index contributed by atoms with van der Waals surface area (Å²) in [5.41, 5.74) is -0.348. The van der Waals surface area contributed by atoms with Crippen LogP contribution in [0, 0.1) is 12.3 Å². The molecule has 0 fully saturated rings. The van der Waals surface area contributed by atoms with Crippen LogP contribution in [0.5, 0.6) is 5.75 Å². The van der Waals surface area contributed by atoms with E-state index in [1.165, 1.54) is 16.8 Å². The highest BCUT2D eigenvalue weighted by atomic mass is 16.5. The standard InChI is InChI=1S/C14H12N2O4/c1-3-8-20-11-6-5-7-16-12(11)15-9-10(13(16)17)14(18)19-4-2/h1,5-7,9H,4,8H2,2H3. The summed E-state index contributed by atoms with van der Waals surface area (Å²) < 4.78 is 11.3. The van der Waals surface area contributed by atoms with Gasteiger partial charge in [0.1, 0.15) is 12.2 Å². The first kappa shape index (κ1) is 13.6. The predicted molar refractivity (Wildman–Crippen MR) is 71.7 cm³/mol. The van der Waals surface area contributed by atoms with Gasteiger partial charge in [-0.1, -0.05) is 5.92 Å². The zero-order chi connectivity index (χ0) is 14.5. The second kappa shape index (κ2) is 5.89. The van der Waals surface area contributed by atoms with Crippen molar-refractivity contribution in [1.29, 1.82) is 0 Å². The molecule has 0 aliphatic rings. The largest absolute Gasteiger partial charge is 0.477 e. The van der Waals surface area contributed by atoms with E-state index in [9.17, 15) is 9.59 Å². The van der Waals surface area contributed by atoms with Crippen LogP contribution in [0.4, 0.5) is 0 Å². The van der Waals surface area contributed by atoms with Gasteiger partial charge in [-0.3, -0.25) is 9.20 Å². The molecule has 0 bridgehead atoms. The summed E-state index contributed by atoms with van der Waals surface area (Å²) in [5, 5.41) is 0. The van der Waals surface area contributed by atoms with Crippen LogP contribution >= 0.6 is 0 Å². The maximum absolute atomic E-state index is 12.2. The van der Waals surface area contributed by atoms with Crippen molar-refractivity contribution in [1.82, 2.24) is 9.38 Å². The topological polar surface area (TPSA) is 69.9 Å². The number of pyridine rings is 1. The van der Waals surface area contributed by atoms with Crippen molar-refractivity contribution in [3.8, 4) is 18.1 Å². The molecule has 2 aromatic heterocycles. The van der Waals surface area contributed by atoms with Crippen molar-refractivity contribution in [2.24, 2.45) is 0 Å². The van der Waals surface area contributed by atoms with Crippen LogP contribution in [-0.4, -0.2) is 28.6 Å². The van der Waals surface area contributed by atoms with Gasteiger partial charge in [0, 0.05) is 12.4 Å². The van der Waals surface area contributed by atoms with Gasteiger partial charge >= 0.3 is 5.97 Å². The minimum Gasteiger partial charge on any atom is -0.477 e. The summed E-state index contributed by atoms with van der Waals surface area (Å²) in [5.74, 6) is 2.00. The molecule has 0 aliphatic carbocycles. The van der Waals surface area contributed by atoms with Crippen LogP contribution in [0.3, 0.4) is 0 Å². The number of hydrogen-bond donors (Lipinski definition) is 0. The van der Waals surface area contributed by atoms with Crippen LogP contribution in [-0.2, 0) is 4.74 Å². The molecule has 102 valence electrons. The minimum atomic E-state index is -0.700. The molecule has 20 heavy (non-hydrogen) atoms. The fraction of sp³-hybridized carbons (Fsp3) is 0.214. The molecule has 2 aromatic rings. The van der Waals surface area contributed by atoms with Crippen LogP contribution in [0.2, 0.25) is 0 Å². The fourth-order valence-corrected chi connectivity index (χ4v) is 1.66. The number of carbonyl (C=O) groups excluding carboxylic acids is 1. The predicted octanol–water partition coefficient (Wildman–Crippen LogP) is 0.883. The van der Waals surface area contributed by atoms with Gasteiger partial charge in [0.15, 0.2) is 11.4 Å². The Hall–Kier alpha value is -2.81.